The number of carboxylic acids is 1. The Morgan fingerprint density at radius 3 is 2.21 bits per heavy atom. The molecule has 0 aliphatic heterocycles. The topological polar surface area (TPSA) is 117 Å². The Labute approximate surface area is 111 Å². The maximum absolute atomic E-state index is 11.3. The van der Waals surface area contributed by atoms with Gasteiger partial charge in [0.15, 0.2) is 6.10 Å². The van der Waals surface area contributed by atoms with Crippen molar-refractivity contribution in [2.24, 2.45) is 5.92 Å². The first-order valence-electron chi connectivity index (χ1n) is 5.90. The molecule has 110 valence electrons. The summed E-state index contributed by atoms with van der Waals surface area (Å²) in [7, 11) is 1.23. The van der Waals surface area contributed by atoms with Gasteiger partial charge in [-0.15, -0.1) is 0 Å². The summed E-state index contributed by atoms with van der Waals surface area (Å²) in [6.07, 6.45) is -1.11. The van der Waals surface area contributed by atoms with Crippen LogP contribution in [0.5, 0.6) is 0 Å². The smallest absolute Gasteiger partial charge is 0.334 e. The molecule has 0 aromatic heterocycles. The number of hydrogen-bond donors (Lipinski definition) is 4. The molecule has 0 aliphatic rings. The Morgan fingerprint density at radius 1 is 1.11 bits per heavy atom. The predicted octanol–water partition coefficient (Wildman–Crippen LogP) is -0.843. The normalized spacial score (nSPS) is 11.8. The summed E-state index contributed by atoms with van der Waals surface area (Å²) in [5.41, 5.74) is 0. The van der Waals surface area contributed by atoms with Crippen molar-refractivity contribution in [3.8, 4) is 0 Å². The van der Waals surface area contributed by atoms with Gasteiger partial charge in [0.25, 0.3) is 0 Å². The molecule has 0 saturated carbocycles. The zero-order valence-electron chi connectivity index (χ0n) is 11.4. The molecular formula is C11H21N3O5. The fourth-order valence-corrected chi connectivity index (χ4v) is 1.06. The van der Waals surface area contributed by atoms with E-state index >= 15 is 0 Å². The highest BCUT2D eigenvalue weighted by atomic mass is 16.5. The molecule has 0 bridgehead atoms. The van der Waals surface area contributed by atoms with Crippen LogP contribution in [0.3, 0.4) is 0 Å². The average Bonchev–Trinajstić information content (AvgIpc) is 2.34. The lowest BCUT2D eigenvalue weighted by molar-refractivity contribution is -0.148. The maximum atomic E-state index is 11.3. The van der Waals surface area contributed by atoms with Crippen LogP contribution in [0.2, 0.25) is 0 Å². The molecule has 8 heteroatoms. The molecule has 0 saturated heterocycles. The van der Waals surface area contributed by atoms with Crippen LogP contribution in [0.15, 0.2) is 0 Å². The Kier molecular flexibility index (Phi) is 8.27. The van der Waals surface area contributed by atoms with Gasteiger partial charge in [-0.3, -0.25) is 4.79 Å². The van der Waals surface area contributed by atoms with E-state index in [9.17, 15) is 14.4 Å². The molecule has 0 fully saturated rings. The number of carbonyl (C=O) groups excluding carboxylic acids is 2. The molecule has 1 unspecified atom stereocenters. The SMILES string of the molecule is COC(CNC(=O)NCC(=O)NCC(C)C)C(=O)O. The van der Waals surface area contributed by atoms with Crippen LogP contribution in [-0.4, -0.2) is 55.9 Å². The van der Waals surface area contributed by atoms with E-state index in [4.69, 9.17) is 5.11 Å². The molecule has 0 spiro atoms. The minimum absolute atomic E-state index is 0.163. The van der Waals surface area contributed by atoms with Gasteiger partial charge in [0.2, 0.25) is 5.91 Å². The van der Waals surface area contributed by atoms with Crippen LogP contribution in [0.25, 0.3) is 0 Å². The molecule has 1 atom stereocenters. The minimum atomic E-state index is -1.17. The van der Waals surface area contributed by atoms with Crippen LogP contribution >= 0.6 is 0 Å². The fourth-order valence-electron chi connectivity index (χ4n) is 1.06. The number of ether oxygens (including phenoxy) is 1. The molecule has 4 N–H and O–H groups in total. The highest BCUT2D eigenvalue weighted by Gasteiger charge is 2.17. The summed E-state index contributed by atoms with van der Waals surface area (Å²) in [5, 5.41) is 15.9. The number of hydrogen-bond acceptors (Lipinski definition) is 4. The van der Waals surface area contributed by atoms with E-state index in [2.05, 4.69) is 20.7 Å². The van der Waals surface area contributed by atoms with Gasteiger partial charge in [0.1, 0.15) is 0 Å². The fraction of sp³-hybridized carbons (Fsp3) is 0.727. The zero-order chi connectivity index (χ0) is 14.8. The summed E-state index contributed by atoms with van der Waals surface area (Å²) in [6.45, 7) is 4.11. The first-order chi connectivity index (χ1) is 8.86. The third kappa shape index (κ3) is 8.83. The van der Waals surface area contributed by atoms with Gasteiger partial charge in [0, 0.05) is 13.7 Å². The van der Waals surface area contributed by atoms with Crippen molar-refractivity contribution >= 4 is 17.9 Å². The Hall–Kier alpha value is -1.83. The quantitative estimate of drug-likeness (QED) is 0.461. The van der Waals surface area contributed by atoms with Crippen LogP contribution in [0.4, 0.5) is 4.79 Å². The third-order valence-corrected chi connectivity index (χ3v) is 2.12. The molecule has 0 rings (SSSR count). The standard InChI is InChI=1S/C11H21N3O5/c1-7(2)4-12-9(15)6-14-11(18)13-5-8(19-3)10(16)17/h7-8H,4-6H2,1-3H3,(H,12,15)(H,16,17)(H2,13,14,18). The molecule has 0 aromatic rings. The van der Waals surface area contributed by atoms with Gasteiger partial charge >= 0.3 is 12.0 Å². The van der Waals surface area contributed by atoms with Crippen LogP contribution in [0, 0.1) is 5.92 Å². The van der Waals surface area contributed by atoms with Crippen molar-refractivity contribution in [2.45, 2.75) is 20.0 Å². The Morgan fingerprint density at radius 2 is 1.74 bits per heavy atom. The first-order valence-corrected chi connectivity index (χ1v) is 5.90. The summed E-state index contributed by atoms with van der Waals surface area (Å²) in [5.74, 6) is -1.14. The highest BCUT2D eigenvalue weighted by molar-refractivity contribution is 5.84. The molecule has 8 nitrogen and oxygen atoms in total. The Bertz CT molecular complexity index is 319. The first kappa shape index (κ1) is 17.2. The van der Waals surface area contributed by atoms with E-state index in [-0.39, 0.29) is 19.0 Å². The van der Waals surface area contributed by atoms with Crippen LogP contribution in [-0.2, 0) is 14.3 Å². The van der Waals surface area contributed by atoms with E-state index < -0.39 is 18.1 Å². The molecule has 0 aliphatic carbocycles. The van der Waals surface area contributed by atoms with E-state index in [1.807, 2.05) is 13.8 Å². The van der Waals surface area contributed by atoms with Gasteiger partial charge in [-0.1, -0.05) is 13.8 Å². The molecule has 0 radical (unpaired) electrons. The number of urea groups is 1. The van der Waals surface area contributed by atoms with Crippen molar-refractivity contribution in [3.63, 3.8) is 0 Å². The average molecular weight is 275 g/mol. The van der Waals surface area contributed by atoms with Crippen LogP contribution < -0.4 is 16.0 Å². The molecular weight excluding hydrogens is 254 g/mol. The third-order valence-electron chi connectivity index (χ3n) is 2.12. The number of rotatable bonds is 8. The molecule has 0 aromatic carbocycles. The zero-order valence-corrected chi connectivity index (χ0v) is 11.4. The summed E-state index contributed by atoms with van der Waals surface area (Å²) in [4.78, 5) is 33.2. The lowest BCUT2D eigenvalue weighted by Gasteiger charge is -2.12. The van der Waals surface area contributed by atoms with Crippen molar-refractivity contribution in [2.75, 3.05) is 26.7 Å². The van der Waals surface area contributed by atoms with Crippen LogP contribution in [0.1, 0.15) is 13.8 Å². The second kappa shape index (κ2) is 9.15. The van der Waals surface area contributed by atoms with Crippen molar-refractivity contribution in [3.05, 3.63) is 0 Å². The van der Waals surface area contributed by atoms with Gasteiger partial charge in [-0.2, -0.15) is 0 Å². The molecule has 3 amide bonds. The second-order valence-electron chi connectivity index (χ2n) is 4.32. The summed E-state index contributed by atoms with van der Waals surface area (Å²) >= 11 is 0. The van der Waals surface area contributed by atoms with E-state index in [1.165, 1.54) is 7.11 Å². The molecule has 19 heavy (non-hydrogen) atoms. The number of aliphatic carboxylic acids is 1. The van der Waals surface area contributed by atoms with E-state index in [1.54, 1.807) is 0 Å². The van der Waals surface area contributed by atoms with Crippen molar-refractivity contribution in [1.29, 1.82) is 0 Å². The lowest BCUT2D eigenvalue weighted by Crippen LogP contribution is -2.46. The van der Waals surface area contributed by atoms with E-state index in [0.717, 1.165) is 0 Å². The van der Waals surface area contributed by atoms with Gasteiger partial charge in [-0.05, 0) is 5.92 Å². The van der Waals surface area contributed by atoms with E-state index in [0.29, 0.717) is 12.5 Å². The largest absolute Gasteiger partial charge is 0.479 e. The number of nitrogens with one attached hydrogen (secondary N) is 3. The van der Waals surface area contributed by atoms with Crippen molar-refractivity contribution < 1.29 is 24.2 Å². The van der Waals surface area contributed by atoms with Crippen molar-refractivity contribution in [1.82, 2.24) is 16.0 Å². The van der Waals surface area contributed by atoms with Gasteiger partial charge in [0.05, 0.1) is 13.1 Å². The lowest BCUT2D eigenvalue weighted by atomic mass is 10.2. The predicted molar refractivity (Wildman–Crippen MR) is 67.7 cm³/mol. The van der Waals surface area contributed by atoms with Gasteiger partial charge in [-0.25, -0.2) is 9.59 Å². The van der Waals surface area contributed by atoms with Gasteiger partial charge < -0.3 is 25.8 Å². The Balaban J connectivity index is 3.81. The number of amides is 3. The summed E-state index contributed by atoms with van der Waals surface area (Å²) in [6, 6.07) is -0.622. The monoisotopic (exact) mass is 275 g/mol. The number of methoxy groups -OCH3 is 1. The number of carbonyl (C=O) groups is 3. The number of carboxylic acid groups (broad SMARTS) is 1. The highest BCUT2D eigenvalue weighted by Crippen LogP contribution is 1.88. The minimum Gasteiger partial charge on any atom is -0.479 e. The molecule has 0 heterocycles. The summed E-state index contributed by atoms with van der Waals surface area (Å²) < 4.78 is 4.63. The maximum Gasteiger partial charge on any atom is 0.334 e. The second-order valence-corrected chi connectivity index (χ2v) is 4.32.